The van der Waals surface area contributed by atoms with E-state index in [-0.39, 0.29) is 0 Å². The monoisotopic (exact) mass is 753 g/mol. The van der Waals surface area contributed by atoms with Crippen LogP contribution >= 0.6 is 0 Å². The summed E-state index contributed by atoms with van der Waals surface area (Å²) < 4.78 is 0. The fourth-order valence-electron chi connectivity index (χ4n) is 4.55. The molecule has 0 aliphatic heterocycles. The average Bonchev–Trinajstić information content (AvgIpc) is 3.09. The maximum absolute atomic E-state index is 4.17. The second-order valence-corrected chi connectivity index (χ2v) is 13.3. The summed E-state index contributed by atoms with van der Waals surface area (Å²) in [5.74, 6) is 1.56. The van der Waals surface area contributed by atoms with Crippen LogP contribution in [0.3, 0.4) is 0 Å². The van der Waals surface area contributed by atoms with E-state index in [1.165, 1.54) is 27.8 Å². The van der Waals surface area contributed by atoms with Gasteiger partial charge < -0.3 is 0 Å². The van der Waals surface area contributed by atoms with Gasteiger partial charge in [0.15, 0.2) is 0 Å². The highest BCUT2D eigenvalue weighted by Gasteiger charge is 1.87. The summed E-state index contributed by atoms with van der Waals surface area (Å²) in [4.78, 5) is 32.2. The molecule has 7 rings (SSSR count). The smallest absolute Gasteiger partial charge is 0.148 e. The Labute approximate surface area is 335 Å². The van der Waals surface area contributed by atoms with Crippen molar-refractivity contribution in [3.8, 4) is 0 Å². The van der Waals surface area contributed by atoms with Gasteiger partial charge in [-0.1, -0.05) is 47.5 Å². The Morgan fingerprint density at radius 2 is 0.768 bits per heavy atom. The first-order valence-corrected chi connectivity index (χ1v) is 18.4. The first-order chi connectivity index (χ1) is 26.5. The number of pyridine rings is 3. The van der Waals surface area contributed by atoms with Crippen molar-refractivity contribution in [2.45, 2.75) is 96.9 Å². The van der Waals surface area contributed by atoms with Crippen LogP contribution in [0.1, 0.15) is 79.3 Å². The van der Waals surface area contributed by atoms with Crippen molar-refractivity contribution in [2.75, 3.05) is 0 Å². The molecule has 0 saturated heterocycles. The van der Waals surface area contributed by atoms with Gasteiger partial charge in [-0.3, -0.25) is 24.9 Å². The molecule has 0 saturated carbocycles. The van der Waals surface area contributed by atoms with Gasteiger partial charge in [0, 0.05) is 60.0 Å². The Morgan fingerprint density at radius 1 is 0.321 bits per heavy atom. The Hall–Kier alpha value is -6.16. The number of benzene rings is 1. The molecule has 0 aliphatic carbocycles. The molecule has 0 unspecified atom stereocenters. The van der Waals surface area contributed by atoms with Gasteiger partial charge in [0.25, 0.3) is 0 Å². The van der Waals surface area contributed by atoms with Gasteiger partial charge in [-0.15, -0.1) is 5.10 Å². The largest absolute Gasteiger partial charge is 0.264 e. The van der Waals surface area contributed by atoms with Crippen molar-refractivity contribution in [2.24, 2.45) is 0 Å². The normalized spacial score (nSPS) is 9.25. The maximum Gasteiger partial charge on any atom is 0.148 e. The fourth-order valence-corrected chi connectivity index (χ4v) is 4.55. The Bertz CT molecular complexity index is 1580. The van der Waals surface area contributed by atoms with Gasteiger partial charge in [0.05, 0.1) is 23.3 Å². The molecule has 0 aliphatic rings. The van der Waals surface area contributed by atoms with Crippen LogP contribution in [0.4, 0.5) is 0 Å². The van der Waals surface area contributed by atoms with E-state index >= 15 is 0 Å². The zero-order chi connectivity index (χ0) is 41.9. The van der Waals surface area contributed by atoms with E-state index in [9.17, 15) is 0 Å². The summed E-state index contributed by atoms with van der Waals surface area (Å²) >= 11 is 0. The van der Waals surface area contributed by atoms with Gasteiger partial charge in [0.1, 0.15) is 11.6 Å². The molecule has 0 N–H and O–H groups in total. The topological polar surface area (TPSA) is 129 Å². The molecule has 0 spiro atoms. The number of rotatable bonds is 0. The van der Waals surface area contributed by atoms with Crippen molar-refractivity contribution in [1.82, 2.24) is 50.1 Å². The Balaban J connectivity index is 0.000000327. The van der Waals surface area contributed by atoms with Crippen LogP contribution in [0.15, 0.2) is 110 Å². The van der Waals surface area contributed by atoms with Crippen molar-refractivity contribution < 1.29 is 0 Å². The number of aryl methyl sites for hydroxylation is 14. The molecular weight excluding hydrogens is 693 g/mol. The second kappa shape index (κ2) is 27.4. The lowest BCUT2D eigenvalue weighted by molar-refractivity contribution is 0.882. The van der Waals surface area contributed by atoms with Crippen LogP contribution < -0.4 is 0 Å². The van der Waals surface area contributed by atoms with Crippen LogP contribution in [0.5, 0.6) is 0 Å². The van der Waals surface area contributed by atoms with Gasteiger partial charge in [0.2, 0.25) is 0 Å². The Kier molecular flexibility index (Phi) is 23.4. The van der Waals surface area contributed by atoms with Crippen LogP contribution in [0, 0.1) is 96.9 Å². The molecule has 294 valence electrons. The lowest BCUT2D eigenvalue weighted by atomic mass is 10.2. The number of hydrogen-bond acceptors (Lipinski definition) is 10. The third kappa shape index (κ3) is 25.8. The standard InChI is InChI=1S/C8H10.3C7H9N.2C6H8N2.C5H7N3/c1-7-4-3-5-8(2)6-7;1-6-3-7(2)5-8-4-6;1-6-3-4-8-7(2)5-6;1-6-4-3-5-7(2)8-6;1-5-3-7-4-6(2)8-5;1-5-3-4-7-6(2)8-5;1-4-3-6-8-5(2)7-4/h3-6H,1-2H3;3*3-5H,1-2H3;2*3-4H,1-2H3;3H,1-2H3. The predicted octanol–water partition coefficient (Wildman–Crippen LogP) is 10.1. The highest BCUT2D eigenvalue weighted by molar-refractivity contribution is 5.20. The molecule has 10 heteroatoms. The molecule has 0 atom stereocenters. The lowest BCUT2D eigenvalue weighted by Crippen LogP contribution is -1.91. The van der Waals surface area contributed by atoms with E-state index < -0.39 is 0 Å². The number of nitrogens with zero attached hydrogens (tertiary/aromatic N) is 10. The van der Waals surface area contributed by atoms with Crippen molar-refractivity contribution in [1.29, 1.82) is 0 Å². The summed E-state index contributed by atoms with van der Waals surface area (Å²) in [6.07, 6.45) is 12.4. The third-order valence-electron chi connectivity index (χ3n) is 6.84. The van der Waals surface area contributed by atoms with Crippen LogP contribution in [0.2, 0.25) is 0 Å². The zero-order valence-electron chi connectivity index (χ0n) is 35.9. The molecule has 6 heterocycles. The van der Waals surface area contributed by atoms with Crippen molar-refractivity contribution in [3.05, 3.63) is 189 Å². The van der Waals surface area contributed by atoms with Gasteiger partial charge in [-0.25, -0.2) is 15.0 Å². The van der Waals surface area contributed by atoms with Crippen LogP contribution in [-0.4, -0.2) is 50.1 Å². The summed E-state index contributed by atoms with van der Waals surface area (Å²) in [6.45, 7) is 27.7. The molecule has 0 amide bonds. The lowest BCUT2D eigenvalue weighted by Gasteiger charge is -1.90. The second-order valence-electron chi connectivity index (χ2n) is 13.3. The molecule has 0 radical (unpaired) electrons. The van der Waals surface area contributed by atoms with Crippen molar-refractivity contribution >= 4 is 0 Å². The van der Waals surface area contributed by atoms with E-state index in [4.69, 9.17) is 0 Å². The maximum atomic E-state index is 4.17. The minimum absolute atomic E-state index is 0.727. The first-order valence-electron chi connectivity index (χ1n) is 18.4. The molecule has 0 fully saturated rings. The highest BCUT2D eigenvalue weighted by Crippen LogP contribution is 2.00. The molecule has 7 aromatic rings. The molecule has 6 aromatic heterocycles. The van der Waals surface area contributed by atoms with Crippen molar-refractivity contribution in [3.63, 3.8) is 0 Å². The molecular formula is C46H60N10. The minimum Gasteiger partial charge on any atom is -0.264 e. The summed E-state index contributed by atoms with van der Waals surface area (Å²) in [6, 6.07) is 22.5. The molecule has 56 heavy (non-hydrogen) atoms. The average molecular weight is 753 g/mol. The van der Waals surface area contributed by atoms with E-state index in [2.05, 4.69) is 107 Å². The van der Waals surface area contributed by atoms with E-state index in [1.54, 1.807) is 24.8 Å². The van der Waals surface area contributed by atoms with E-state index in [1.807, 2.05) is 125 Å². The Morgan fingerprint density at radius 3 is 1.07 bits per heavy atom. The summed E-state index contributed by atoms with van der Waals surface area (Å²) in [5.41, 5.74) is 13.6. The fraction of sp³-hybridized carbons (Fsp3) is 0.304. The van der Waals surface area contributed by atoms with Gasteiger partial charge >= 0.3 is 0 Å². The van der Waals surface area contributed by atoms with Crippen LogP contribution in [-0.2, 0) is 0 Å². The highest BCUT2D eigenvalue weighted by atomic mass is 15.1. The SMILES string of the molecule is Cc1cccc(C)c1.Cc1cccc(C)n1.Cc1ccnc(C)c1.Cc1ccnc(C)n1.Cc1cncc(C)c1.Cc1cncc(C)n1.Cc1cnnc(C)n1. The van der Waals surface area contributed by atoms with Gasteiger partial charge in [-0.2, -0.15) is 5.10 Å². The van der Waals surface area contributed by atoms with Crippen LogP contribution in [0.25, 0.3) is 0 Å². The molecule has 10 nitrogen and oxygen atoms in total. The first kappa shape index (κ1) is 47.9. The third-order valence-corrected chi connectivity index (χ3v) is 6.84. The van der Waals surface area contributed by atoms with E-state index in [0.717, 1.165) is 51.5 Å². The summed E-state index contributed by atoms with van der Waals surface area (Å²) in [7, 11) is 0. The quantitative estimate of drug-likeness (QED) is 0.148. The molecule has 1 aromatic carbocycles. The number of aromatic nitrogens is 10. The predicted molar refractivity (Wildman–Crippen MR) is 229 cm³/mol. The molecule has 0 bridgehead atoms. The summed E-state index contributed by atoms with van der Waals surface area (Å²) in [5, 5.41) is 7.35. The number of hydrogen-bond donors (Lipinski definition) is 0. The van der Waals surface area contributed by atoms with Gasteiger partial charge in [-0.05, 0) is 144 Å². The zero-order valence-corrected chi connectivity index (χ0v) is 35.9. The van der Waals surface area contributed by atoms with E-state index in [0.29, 0.717) is 0 Å². The minimum atomic E-state index is 0.727.